The number of para-hydroxylation sites is 2. The molecule has 1 fully saturated rings. The molecule has 3 aromatic rings. The molecule has 0 atom stereocenters. The lowest BCUT2D eigenvalue weighted by molar-refractivity contribution is -0.133. The van der Waals surface area contributed by atoms with Gasteiger partial charge in [0.1, 0.15) is 12.4 Å². The van der Waals surface area contributed by atoms with Crippen LogP contribution in [0.25, 0.3) is 11.0 Å². The Morgan fingerprint density at radius 2 is 1.75 bits per heavy atom. The number of hydrogen-bond acceptors (Lipinski definition) is 2. The van der Waals surface area contributed by atoms with Crippen LogP contribution in [-0.4, -0.2) is 33.4 Å². The Hall–Kier alpha value is -2.62. The van der Waals surface area contributed by atoms with Gasteiger partial charge >= 0.3 is 0 Å². The number of imidazole rings is 1. The Balaban J connectivity index is 1.40. The number of rotatable bonds is 6. The summed E-state index contributed by atoms with van der Waals surface area (Å²) in [6, 6.07) is 18.8. The van der Waals surface area contributed by atoms with Crippen molar-refractivity contribution in [1.29, 1.82) is 0 Å². The molecule has 1 amide bonds. The van der Waals surface area contributed by atoms with Gasteiger partial charge in [0, 0.05) is 19.5 Å². The van der Waals surface area contributed by atoms with E-state index in [9.17, 15) is 4.79 Å². The van der Waals surface area contributed by atoms with Gasteiger partial charge in [-0.2, -0.15) is 0 Å². The molecule has 0 unspecified atom stereocenters. The number of carbonyl (C=O) groups excluding carboxylic acids is 1. The maximum atomic E-state index is 13.0. The zero-order valence-electron chi connectivity index (χ0n) is 16.7. The highest BCUT2D eigenvalue weighted by molar-refractivity contribution is 5.81. The predicted molar refractivity (Wildman–Crippen MR) is 113 cm³/mol. The number of nitrogens with zero attached hydrogens (tertiary/aromatic N) is 3. The Morgan fingerprint density at radius 3 is 2.50 bits per heavy atom. The molecule has 4 heteroatoms. The Kier molecular flexibility index (Phi) is 5.75. The molecule has 0 saturated carbocycles. The Morgan fingerprint density at radius 1 is 1.04 bits per heavy atom. The molecule has 1 aliphatic rings. The second kappa shape index (κ2) is 8.59. The standard InChI is InChI=1S/C24H29N3O/c1-2-8-23-25-21-11-6-7-12-22(21)27(23)18-24(28)26-15-13-20(14-16-26)17-19-9-4-3-5-10-19/h3-7,9-12,20H,2,8,13-18H2,1H3. The van der Waals surface area contributed by atoms with Crippen molar-refractivity contribution in [2.45, 2.75) is 45.6 Å². The summed E-state index contributed by atoms with van der Waals surface area (Å²) in [7, 11) is 0. The Bertz CT molecular complexity index is 923. The number of aromatic nitrogens is 2. The molecule has 4 rings (SSSR count). The summed E-state index contributed by atoms with van der Waals surface area (Å²) >= 11 is 0. The summed E-state index contributed by atoms with van der Waals surface area (Å²) < 4.78 is 2.12. The number of likely N-dealkylation sites (tertiary alicyclic amines) is 1. The number of aryl methyl sites for hydroxylation is 1. The normalized spacial score (nSPS) is 15.2. The van der Waals surface area contributed by atoms with Gasteiger partial charge in [0.2, 0.25) is 5.91 Å². The Labute approximate surface area is 167 Å². The molecule has 2 aromatic carbocycles. The van der Waals surface area contributed by atoms with E-state index in [1.54, 1.807) is 0 Å². The molecule has 4 nitrogen and oxygen atoms in total. The quantitative estimate of drug-likeness (QED) is 0.637. The molecule has 1 saturated heterocycles. The predicted octanol–water partition coefficient (Wildman–Crippen LogP) is 4.47. The maximum absolute atomic E-state index is 13.0. The summed E-state index contributed by atoms with van der Waals surface area (Å²) in [4.78, 5) is 19.8. The fourth-order valence-corrected chi connectivity index (χ4v) is 4.29. The lowest BCUT2D eigenvalue weighted by Gasteiger charge is -2.32. The van der Waals surface area contributed by atoms with E-state index in [0.29, 0.717) is 12.5 Å². The van der Waals surface area contributed by atoms with E-state index in [4.69, 9.17) is 4.98 Å². The fourth-order valence-electron chi connectivity index (χ4n) is 4.29. The van der Waals surface area contributed by atoms with Crippen molar-refractivity contribution in [2.75, 3.05) is 13.1 Å². The van der Waals surface area contributed by atoms with Crippen molar-refractivity contribution in [3.8, 4) is 0 Å². The van der Waals surface area contributed by atoms with Crippen LogP contribution in [-0.2, 0) is 24.2 Å². The minimum absolute atomic E-state index is 0.221. The molecule has 0 spiro atoms. The average molecular weight is 376 g/mol. The summed E-state index contributed by atoms with van der Waals surface area (Å²) in [5, 5.41) is 0. The van der Waals surface area contributed by atoms with Crippen LogP contribution in [0.15, 0.2) is 54.6 Å². The van der Waals surface area contributed by atoms with Crippen molar-refractivity contribution in [3.05, 3.63) is 66.0 Å². The van der Waals surface area contributed by atoms with E-state index < -0.39 is 0 Å². The molecular weight excluding hydrogens is 346 g/mol. The zero-order chi connectivity index (χ0) is 19.3. The minimum atomic E-state index is 0.221. The highest BCUT2D eigenvalue weighted by Gasteiger charge is 2.24. The van der Waals surface area contributed by atoms with E-state index >= 15 is 0 Å². The van der Waals surface area contributed by atoms with E-state index in [1.807, 2.05) is 23.1 Å². The minimum Gasteiger partial charge on any atom is -0.341 e. The number of benzene rings is 2. The van der Waals surface area contributed by atoms with Gasteiger partial charge in [-0.15, -0.1) is 0 Å². The number of amides is 1. The number of carbonyl (C=O) groups is 1. The second-order valence-corrected chi connectivity index (χ2v) is 7.87. The molecule has 28 heavy (non-hydrogen) atoms. The van der Waals surface area contributed by atoms with Crippen molar-refractivity contribution >= 4 is 16.9 Å². The van der Waals surface area contributed by atoms with Crippen molar-refractivity contribution in [1.82, 2.24) is 14.5 Å². The first-order valence-electron chi connectivity index (χ1n) is 10.5. The smallest absolute Gasteiger partial charge is 0.242 e. The van der Waals surface area contributed by atoms with Crippen LogP contribution >= 0.6 is 0 Å². The van der Waals surface area contributed by atoms with Crippen LogP contribution in [0.3, 0.4) is 0 Å². The maximum Gasteiger partial charge on any atom is 0.242 e. The summed E-state index contributed by atoms with van der Waals surface area (Å²) in [5.74, 6) is 1.92. The fraction of sp³-hybridized carbons (Fsp3) is 0.417. The molecule has 0 N–H and O–H groups in total. The van der Waals surface area contributed by atoms with E-state index in [2.05, 4.69) is 47.9 Å². The van der Waals surface area contributed by atoms with Crippen LogP contribution < -0.4 is 0 Å². The number of fused-ring (bicyclic) bond motifs is 1. The zero-order valence-corrected chi connectivity index (χ0v) is 16.7. The molecule has 1 aliphatic heterocycles. The number of piperidine rings is 1. The molecule has 0 bridgehead atoms. The third-order valence-corrected chi connectivity index (χ3v) is 5.84. The first-order valence-corrected chi connectivity index (χ1v) is 10.5. The van der Waals surface area contributed by atoms with Crippen molar-refractivity contribution in [3.63, 3.8) is 0 Å². The van der Waals surface area contributed by atoms with Crippen LogP contribution in [0.2, 0.25) is 0 Å². The van der Waals surface area contributed by atoms with Gasteiger partial charge in [-0.3, -0.25) is 4.79 Å². The third kappa shape index (κ3) is 4.11. The molecule has 0 radical (unpaired) electrons. The molecule has 2 heterocycles. The van der Waals surface area contributed by atoms with Crippen LogP contribution in [0, 0.1) is 5.92 Å². The van der Waals surface area contributed by atoms with Gasteiger partial charge in [0.25, 0.3) is 0 Å². The second-order valence-electron chi connectivity index (χ2n) is 7.87. The van der Waals surface area contributed by atoms with Gasteiger partial charge in [-0.1, -0.05) is 49.4 Å². The lowest BCUT2D eigenvalue weighted by Crippen LogP contribution is -2.40. The van der Waals surface area contributed by atoms with E-state index in [-0.39, 0.29) is 5.91 Å². The molecule has 0 aliphatic carbocycles. The first kappa shape index (κ1) is 18.7. The monoisotopic (exact) mass is 375 g/mol. The summed E-state index contributed by atoms with van der Waals surface area (Å²) in [6.07, 6.45) is 5.24. The highest BCUT2D eigenvalue weighted by Crippen LogP contribution is 2.23. The average Bonchev–Trinajstić information content (AvgIpc) is 3.07. The topological polar surface area (TPSA) is 38.1 Å². The van der Waals surface area contributed by atoms with Crippen molar-refractivity contribution in [2.24, 2.45) is 5.92 Å². The number of hydrogen-bond donors (Lipinski definition) is 0. The highest BCUT2D eigenvalue weighted by atomic mass is 16.2. The van der Waals surface area contributed by atoms with Gasteiger partial charge in [-0.05, 0) is 49.3 Å². The molecule has 1 aromatic heterocycles. The molecular formula is C24H29N3O. The van der Waals surface area contributed by atoms with Gasteiger partial charge in [0.05, 0.1) is 11.0 Å². The van der Waals surface area contributed by atoms with Crippen molar-refractivity contribution < 1.29 is 4.79 Å². The van der Waals surface area contributed by atoms with Crippen LogP contribution in [0.5, 0.6) is 0 Å². The van der Waals surface area contributed by atoms with Gasteiger partial charge < -0.3 is 9.47 Å². The largest absolute Gasteiger partial charge is 0.341 e. The molecule has 146 valence electrons. The van der Waals surface area contributed by atoms with Crippen LogP contribution in [0.4, 0.5) is 0 Å². The van der Waals surface area contributed by atoms with E-state index in [0.717, 1.165) is 62.1 Å². The summed E-state index contributed by atoms with van der Waals surface area (Å²) in [5.41, 5.74) is 3.46. The first-order chi connectivity index (χ1) is 13.7. The van der Waals surface area contributed by atoms with Gasteiger partial charge in [0.15, 0.2) is 0 Å². The lowest BCUT2D eigenvalue weighted by atomic mass is 9.90. The van der Waals surface area contributed by atoms with Crippen LogP contribution in [0.1, 0.15) is 37.6 Å². The van der Waals surface area contributed by atoms with E-state index in [1.165, 1.54) is 5.56 Å². The summed E-state index contributed by atoms with van der Waals surface area (Å²) in [6.45, 7) is 4.29. The van der Waals surface area contributed by atoms with Gasteiger partial charge in [-0.25, -0.2) is 4.98 Å². The SMILES string of the molecule is CCCc1nc2ccccc2n1CC(=O)N1CCC(Cc2ccccc2)CC1. The third-order valence-electron chi connectivity index (χ3n) is 5.84.